The zero-order valence-corrected chi connectivity index (χ0v) is 17.0. The maximum atomic E-state index is 10.4. The summed E-state index contributed by atoms with van der Waals surface area (Å²) >= 11 is 0. The van der Waals surface area contributed by atoms with Crippen LogP contribution in [-0.2, 0) is 0 Å². The van der Waals surface area contributed by atoms with Crippen molar-refractivity contribution in [3.8, 4) is 0 Å². The molecule has 1 fully saturated rings. The molecule has 2 aliphatic rings. The quantitative estimate of drug-likeness (QED) is 0.425. The Morgan fingerprint density at radius 2 is 2.04 bits per heavy atom. The van der Waals surface area contributed by atoms with Gasteiger partial charge in [0.15, 0.2) is 0 Å². The molecule has 1 saturated carbocycles. The van der Waals surface area contributed by atoms with E-state index in [1.54, 1.807) is 5.57 Å². The molecule has 0 saturated heterocycles. The lowest BCUT2D eigenvalue weighted by Crippen LogP contribution is -2.18. The van der Waals surface area contributed by atoms with Gasteiger partial charge in [-0.3, -0.25) is 0 Å². The Kier molecular flexibility index (Phi) is 9.10. The van der Waals surface area contributed by atoms with Crippen molar-refractivity contribution in [3.63, 3.8) is 0 Å². The first-order chi connectivity index (χ1) is 12.5. The van der Waals surface area contributed by atoms with Gasteiger partial charge in [-0.1, -0.05) is 49.3 Å². The highest BCUT2D eigenvalue weighted by molar-refractivity contribution is 5.21. The lowest BCUT2D eigenvalue weighted by atomic mass is 9.88. The summed E-state index contributed by atoms with van der Waals surface area (Å²) < 4.78 is 0. The van der Waals surface area contributed by atoms with Crippen molar-refractivity contribution in [2.45, 2.75) is 70.5 Å². The van der Waals surface area contributed by atoms with Crippen LogP contribution in [0.3, 0.4) is 0 Å². The summed E-state index contributed by atoms with van der Waals surface area (Å²) in [7, 11) is 4.27. The van der Waals surface area contributed by atoms with E-state index in [0.29, 0.717) is 18.3 Å². The lowest BCUT2D eigenvalue weighted by molar-refractivity contribution is 0.140. The largest absolute Gasteiger partial charge is 0.392 e. The average molecular weight is 362 g/mol. The van der Waals surface area contributed by atoms with Crippen molar-refractivity contribution in [2.75, 3.05) is 20.6 Å². The van der Waals surface area contributed by atoms with Crippen LogP contribution in [-0.4, -0.2) is 48.0 Å². The van der Waals surface area contributed by atoms with Crippen LogP contribution >= 0.6 is 0 Å². The van der Waals surface area contributed by atoms with E-state index in [4.69, 9.17) is 0 Å². The first kappa shape index (κ1) is 21.4. The first-order valence-electron chi connectivity index (χ1n) is 10.5. The number of allylic oxidation sites excluding steroid dienone is 3. The van der Waals surface area contributed by atoms with Crippen LogP contribution in [0.25, 0.3) is 0 Å². The van der Waals surface area contributed by atoms with Gasteiger partial charge in [-0.25, -0.2) is 0 Å². The summed E-state index contributed by atoms with van der Waals surface area (Å²) in [6, 6.07) is 0. The van der Waals surface area contributed by atoms with Crippen molar-refractivity contribution >= 4 is 0 Å². The molecular weight excluding hydrogens is 322 g/mol. The van der Waals surface area contributed by atoms with E-state index in [2.05, 4.69) is 44.1 Å². The second kappa shape index (κ2) is 11.1. The van der Waals surface area contributed by atoms with E-state index in [1.807, 2.05) is 12.2 Å². The van der Waals surface area contributed by atoms with E-state index in [9.17, 15) is 10.2 Å². The fourth-order valence-corrected chi connectivity index (χ4v) is 4.48. The second-order valence-electron chi connectivity index (χ2n) is 8.42. The Hall–Kier alpha value is -0.900. The molecule has 0 aliphatic heterocycles. The van der Waals surface area contributed by atoms with E-state index in [1.165, 1.54) is 32.2 Å². The molecule has 2 rings (SSSR count). The van der Waals surface area contributed by atoms with Gasteiger partial charge in [-0.05, 0) is 77.4 Å². The summed E-state index contributed by atoms with van der Waals surface area (Å²) in [4.78, 5) is 2.25. The minimum atomic E-state index is -0.436. The van der Waals surface area contributed by atoms with Crippen LogP contribution in [0.4, 0.5) is 0 Å². The van der Waals surface area contributed by atoms with Crippen LogP contribution in [0.1, 0.15) is 58.3 Å². The number of hydrogen-bond acceptors (Lipinski definition) is 3. The smallest absolute Gasteiger partial charge is 0.0755 e. The van der Waals surface area contributed by atoms with Crippen molar-refractivity contribution in [2.24, 2.45) is 17.8 Å². The average Bonchev–Trinajstić information content (AvgIpc) is 3.09. The Morgan fingerprint density at radius 3 is 2.77 bits per heavy atom. The van der Waals surface area contributed by atoms with Gasteiger partial charge in [0.1, 0.15) is 0 Å². The maximum Gasteiger partial charge on any atom is 0.0755 e. The Balaban J connectivity index is 1.76. The normalized spacial score (nSPS) is 29.8. The summed E-state index contributed by atoms with van der Waals surface area (Å²) in [6.07, 6.45) is 18.6. The molecule has 0 aromatic carbocycles. The van der Waals surface area contributed by atoms with Gasteiger partial charge >= 0.3 is 0 Å². The number of rotatable bonds is 11. The predicted octanol–water partition coefficient (Wildman–Crippen LogP) is 4.33. The van der Waals surface area contributed by atoms with Crippen LogP contribution in [0.2, 0.25) is 0 Å². The molecule has 0 radical (unpaired) electrons. The summed E-state index contributed by atoms with van der Waals surface area (Å²) in [6.45, 7) is 3.28. The van der Waals surface area contributed by atoms with Gasteiger partial charge in [0.2, 0.25) is 0 Å². The Labute approximate surface area is 160 Å². The van der Waals surface area contributed by atoms with E-state index >= 15 is 0 Å². The summed E-state index contributed by atoms with van der Waals surface area (Å²) in [5.41, 5.74) is 1.60. The molecule has 26 heavy (non-hydrogen) atoms. The van der Waals surface area contributed by atoms with Gasteiger partial charge in [0.05, 0.1) is 12.2 Å². The van der Waals surface area contributed by atoms with Gasteiger partial charge in [0, 0.05) is 5.92 Å². The minimum Gasteiger partial charge on any atom is -0.392 e. The maximum absolute atomic E-state index is 10.4. The fourth-order valence-electron chi connectivity index (χ4n) is 4.48. The molecule has 0 spiro atoms. The zero-order chi connectivity index (χ0) is 18.9. The van der Waals surface area contributed by atoms with Crippen molar-refractivity contribution in [1.29, 1.82) is 0 Å². The highest BCUT2D eigenvalue weighted by atomic mass is 16.3. The van der Waals surface area contributed by atoms with Gasteiger partial charge in [0.25, 0.3) is 0 Å². The number of aliphatic hydroxyl groups excluding tert-OH is 2. The lowest BCUT2D eigenvalue weighted by Gasteiger charge is -2.18. The molecule has 0 amide bonds. The highest BCUT2D eigenvalue weighted by Gasteiger charge is 2.43. The molecule has 5 atom stereocenters. The molecule has 3 heteroatoms. The third-order valence-electron chi connectivity index (χ3n) is 5.89. The molecule has 0 bridgehead atoms. The van der Waals surface area contributed by atoms with Crippen molar-refractivity contribution < 1.29 is 10.2 Å². The number of aliphatic hydroxyl groups is 2. The molecule has 2 N–H and O–H groups in total. The van der Waals surface area contributed by atoms with E-state index in [-0.39, 0.29) is 12.0 Å². The van der Waals surface area contributed by atoms with Crippen LogP contribution < -0.4 is 0 Å². The minimum absolute atomic E-state index is 0.201. The summed E-state index contributed by atoms with van der Waals surface area (Å²) in [5.74, 6) is 1.28. The number of hydrogen-bond donors (Lipinski definition) is 2. The zero-order valence-electron chi connectivity index (χ0n) is 17.0. The van der Waals surface area contributed by atoms with Crippen LogP contribution in [0.5, 0.6) is 0 Å². The Morgan fingerprint density at radius 1 is 1.23 bits per heavy atom. The second-order valence-corrected chi connectivity index (χ2v) is 8.42. The van der Waals surface area contributed by atoms with Crippen LogP contribution in [0, 0.1) is 17.8 Å². The van der Waals surface area contributed by atoms with Gasteiger partial charge < -0.3 is 15.1 Å². The third-order valence-corrected chi connectivity index (χ3v) is 5.89. The van der Waals surface area contributed by atoms with Gasteiger partial charge in [-0.15, -0.1) is 0 Å². The Bertz CT molecular complexity index is 494. The monoisotopic (exact) mass is 361 g/mol. The molecule has 148 valence electrons. The number of unbranched alkanes of at least 4 members (excludes halogenated alkanes) is 2. The molecule has 0 unspecified atom stereocenters. The summed E-state index contributed by atoms with van der Waals surface area (Å²) in [5, 5.41) is 20.5. The van der Waals surface area contributed by atoms with Gasteiger partial charge in [-0.2, -0.15) is 0 Å². The molecule has 0 aromatic rings. The van der Waals surface area contributed by atoms with E-state index in [0.717, 1.165) is 19.3 Å². The van der Waals surface area contributed by atoms with Crippen LogP contribution in [0.15, 0.2) is 36.0 Å². The topological polar surface area (TPSA) is 43.7 Å². The van der Waals surface area contributed by atoms with Crippen molar-refractivity contribution in [3.05, 3.63) is 36.0 Å². The number of nitrogens with zero attached hydrogens (tertiary/aromatic N) is 1. The molecule has 0 aromatic heterocycles. The molecule has 2 aliphatic carbocycles. The SMILES string of the molecule is CC/C=C\C[C@H](O)/C=C/[C@@H]1[C@H]2CC(CCCCCN(C)C)=C[C@H]2C[C@H]1O. The number of fused-ring (bicyclic) bond motifs is 1. The molecular formula is C23H39NO2. The fraction of sp³-hybridized carbons (Fsp3) is 0.739. The van der Waals surface area contributed by atoms with E-state index < -0.39 is 6.10 Å². The molecule has 0 heterocycles. The van der Waals surface area contributed by atoms with Crippen molar-refractivity contribution in [1.82, 2.24) is 4.90 Å². The first-order valence-corrected chi connectivity index (χ1v) is 10.5. The third kappa shape index (κ3) is 6.68. The standard InChI is InChI=1S/C23H39NO2/c1-4-5-7-11-20(25)12-13-21-22-16-18(15-19(22)17-23(21)26)10-8-6-9-14-24(2)3/h5,7,12-13,15,19-23,25-26H,4,6,8-11,14,16-17H2,1-3H3/b7-5-,13-12+/t19-,20-,21+,22-,23+/m0/s1. The predicted molar refractivity (Wildman–Crippen MR) is 110 cm³/mol. The highest BCUT2D eigenvalue weighted by Crippen LogP contribution is 2.48. The molecule has 3 nitrogen and oxygen atoms in total.